The van der Waals surface area contributed by atoms with Gasteiger partial charge >= 0.3 is 0 Å². The molecule has 0 fully saturated rings. The first-order valence-electron chi connectivity index (χ1n) is 5.08. The van der Waals surface area contributed by atoms with Crippen LogP contribution in [0.5, 0.6) is 0 Å². The molecule has 5 nitrogen and oxygen atoms in total. The molecule has 0 aliphatic carbocycles. The van der Waals surface area contributed by atoms with Gasteiger partial charge < -0.3 is 16.0 Å². The molecule has 0 heterocycles. The minimum Gasteiger partial charge on any atom is -0.354 e. The predicted molar refractivity (Wildman–Crippen MR) is 59.2 cm³/mol. The van der Waals surface area contributed by atoms with E-state index < -0.39 is 5.54 Å². The highest BCUT2D eigenvalue weighted by Gasteiger charge is 2.25. The number of amides is 2. The van der Waals surface area contributed by atoms with Crippen LogP contribution in [0.15, 0.2) is 0 Å². The molecule has 0 aromatic rings. The van der Waals surface area contributed by atoms with Gasteiger partial charge in [0.2, 0.25) is 11.8 Å². The molecule has 2 amide bonds. The van der Waals surface area contributed by atoms with Crippen LogP contribution in [-0.2, 0) is 9.59 Å². The maximum atomic E-state index is 11.5. The number of rotatable bonds is 5. The Bertz CT molecular complexity index is 237. The van der Waals surface area contributed by atoms with Gasteiger partial charge in [-0.25, -0.2) is 0 Å². The first kappa shape index (κ1) is 13.9. The highest BCUT2D eigenvalue weighted by molar-refractivity contribution is 5.86. The van der Waals surface area contributed by atoms with Crippen molar-refractivity contribution in [2.75, 3.05) is 20.6 Å². The largest absolute Gasteiger partial charge is 0.354 e. The third kappa shape index (κ3) is 4.78. The molecule has 3 N–H and O–H groups in total. The highest BCUT2D eigenvalue weighted by atomic mass is 16.2. The molecule has 1 unspecified atom stereocenters. The SMILES string of the molecule is CCC(C)(N)C(=O)NCCC(=O)N(C)C. The number of carbonyl (C=O) groups is 2. The van der Waals surface area contributed by atoms with Crippen molar-refractivity contribution in [1.82, 2.24) is 10.2 Å². The molecule has 0 radical (unpaired) electrons. The molecule has 0 aromatic carbocycles. The Labute approximate surface area is 91.0 Å². The molecule has 88 valence electrons. The molecular formula is C10H21N3O2. The fourth-order valence-electron chi connectivity index (χ4n) is 0.869. The first-order chi connectivity index (χ1) is 6.81. The van der Waals surface area contributed by atoms with Gasteiger partial charge in [0.05, 0.1) is 5.54 Å². The zero-order chi connectivity index (χ0) is 12.1. The lowest BCUT2D eigenvalue weighted by molar-refractivity contribution is -0.129. The van der Waals surface area contributed by atoms with Gasteiger partial charge in [0.15, 0.2) is 0 Å². The summed E-state index contributed by atoms with van der Waals surface area (Å²) in [5.41, 5.74) is 4.88. The Morgan fingerprint density at radius 3 is 2.33 bits per heavy atom. The van der Waals surface area contributed by atoms with E-state index in [2.05, 4.69) is 5.32 Å². The number of nitrogens with one attached hydrogen (secondary N) is 1. The second-order valence-electron chi connectivity index (χ2n) is 4.07. The predicted octanol–water partition coefficient (Wildman–Crippen LogP) is -0.292. The van der Waals surface area contributed by atoms with E-state index in [0.29, 0.717) is 19.4 Å². The van der Waals surface area contributed by atoms with Crippen LogP contribution in [0.2, 0.25) is 0 Å². The van der Waals surface area contributed by atoms with Crippen molar-refractivity contribution < 1.29 is 9.59 Å². The Morgan fingerprint density at radius 2 is 1.93 bits per heavy atom. The van der Waals surface area contributed by atoms with Crippen molar-refractivity contribution >= 4 is 11.8 Å². The van der Waals surface area contributed by atoms with Crippen LogP contribution in [0, 0.1) is 0 Å². The van der Waals surface area contributed by atoms with Crippen molar-refractivity contribution in [2.24, 2.45) is 5.73 Å². The van der Waals surface area contributed by atoms with E-state index in [0.717, 1.165) is 0 Å². The fourth-order valence-corrected chi connectivity index (χ4v) is 0.869. The number of hydrogen-bond acceptors (Lipinski definition) is 3. The molecule has 0 saturated heterocycles. The summed E-state index contributed by atoms with van der Waals surface area (Å²) in [5, 5.41) is 2.65. The van der Waals surface area contributed by atoms with Gasteiger partial charge in [0.1, 0.15) is 0 Å². The number of nitrogens with two attached hydrogens (primary N) is 1. The van der Waals surface area contributed by atoms with E-state index in [1.165, 1.54) is 4.90 Å². The van der Waals surface area contributed by atoms with Crippen LogP contribution in [0.1, 0.15) is 26.7 Å². The topological polar surface area (TPSA) is 75.4 Å². The summed E-state index contributed by atoms with van der Waals surface area (Å²) in [6, 6.07) is 0. The molecular weight excluding hydrogens is 194 g/mol. The second-order valence-corrected chi connectivity index (χ2v) is 4.07. The normalized spacial score (nSPS) is 14.2. The third-order valence-corrected chi connectivity index (χ3v) is 2.38. The summed E-state index contributed by atoms with van der Waals surface area (Å²) in [6.07, 6.45) is 0.874. The summed E-state index contributed by atoms with van der Waals surface area (Å²) in [5.74, 6) is -0.220. The molecule has 15 heavy (non-hydrogen) atoms. The summed E-state index contributed by atoms with van der Waals surface area (Å²) < 4.78 is 0. The minimum atomic E-state index is -0.846. The number of carbonyl (C=O) groups excluding carboxylic acids is 2. The van der Waals surface area contributed by atoms with Crippen LogP contribution in [0.3, 0.4) is 0 Å². The fraction of sp³-hybridized carbons (Fsp3) is 0.800. The summed E-state index contributed by atoms with van der Waals surface area (Å²) in [6.45, 7) is 3.86. The second kappa shape index (κ2) is 5.70. The molecule has 0 spiro atoms. The number of nitrogens with zero attached hydrogens (tertiary/aromatic N) is 1. The third-order valence-electron chi connectivity index (χ3n) is 2.38. The van der Waals surface area contributed by atoms with Crippen LogP contribution in [0.25, 0.3) is 0 Å². The molecule has 0 bridgehead atoms. The van der Waals surface area contributed by atoms with Crippen LogP contribution >= 0.6 is 0 Å². The maximum Gasteiger partial charge on any atom is 0.239 e. The van der Waals surface area contributed by atoms with E-state index >= 15 is 0 Å². The van der Waals surface area contributed by atoms with Gasteiger partial charge in [-0.2, -0.15) is 0 Å². The summed E-state index contributed by atoms with van der Waals surface area (Å²) in [4.78, 5) is 24.2. The van der Waals surface area contributed by atoms with Gasteiger partial charge in [0, 0.05) is 27.1 Å². The first-order valence-corrected chi connectivity index (χ1v) is 5.08. The lowest BCUT2D eigenvalue weighted by Crippen LogP contribution is -2.51. The standard InChI is InChI=1S/C10H21N3O2/c1-5-10(2,11)9(15)12-7-6-8(14)13(3)4/h5-7,11H2,1-4H3,(H,12,15). The van der Waals surface area contributed by atoms with E-state index in [-0.39, 0.29) is 11.8 Å². The lowest BCUT2D eigenvalue weighted by atomic mass is 9.99. The van der Waals surface area contributed by atoms with Gasteiger partial charge in [0.25, 0.3) is 0 Å². The molecule has 1 atom stereocenters. The Kier molecular flexibility index (Phi) is 5.28. The Hall–Kier alpha value is -1.10. The average molecular weight is 215 g/mol. The van der Waals surface area contributed by atoms with E-state index in [9.17, 15) is 9.59 Å². The van der Waals surface area contributed by atoms with E-state index in [1.54, 1.807) is 21.0 Å². The average Bonchev–Trinajstić information content (AvgIpc) is 2.17. The lowest BCUT2D eigenvalue weighted by Gasteiger charge is -2.21. The molecule has 0 saturated carbocycles. The molecule has 0 aromatic heterocycles. The monoisotopic (exact) mass is 215 g/mol. The van der Waals surface area contributed by atoms with Crippen LogP contribution in [0.4, 0.5) is 0 Å². The number of hydrogen-bond donors (Lipinski definition) is 2. The van der Waals surface area contributed by atoms with Crippen molar-refractivity contribution in [3.8, 4) is 0 Å². The molecule has 0 aliphatic rings. The van der Waals surface area contributed by atoms with Crippen molar-refractivity contribution in [3.05, 3.63) is 0 Å². The highest BCUT2D eigenvalue weighted by Crippen LogP contribution is 2.03. The van der Waals surface area contributed by atoms with Crippen molar-refractivity contribution in [2.45, 2.75) is 32.2 Å². The Balaban J connectivity index is 3.88. The van der Waals surface area contributed by atoms with Crippen LogP contribution < -0.4 is 11.1 Å². The van der Waals surface area contributed by atoms with E-state index in [1.807, 2.05) is 6.92 Å². The minimum absolute atomic E-state index is 0.00878. The van der Waals surface area contributed by atoms with Crippen LogP contribution in [-0.4, -0.2) is 42.9 Å². The quantitative estimate of drug-likeness (QED) is 0.661. The van der Waals surface area contributed by atoms with E-state index in [4.69, 9.17) is 5.73 Å². The molecule has 0 rings (SSSR count). The van der Waals surface area contributed by atoms with Gasteiger partial charge in [-0.05, 0) is 13.3 Å². The maximum absolute atomic E-state index is 11.5. The summed E-state index contributed by atoms with van der Waals surface area (Å²) >= 11 is 0. The molecule has 0 aliphatic heterocycles. The zero-order valence-corrected chi connectivity index (χ0v) is 9.96. The zero-order valence-electron chi connectivity index (χ0n) is 9.96. The van der Waals surface area contributed by atoms with Crippen molar-refractivity contribution in [3.63, 3.8) is 0 Å². The van der Waals surface area contributed by atoms with Gasteiger partial charge in [-0.1, -0.05) is 6.92 Å². The van der Waals surface area contributed by atoms with Gasteiger partial charge in [-0.3, -0.25) is 9.59 Å². The van der Waals surface area contributed by atoms with Crippen molar-refractivity contribution in [1.29, 1.82) is 0 Å². The smallest absolute Gasteiger partial charge is 0.239 e. The van der Waals surface area contributed by atoms with Gasteiger partial charge in [-0.15, -0.1) is 0 Å². The Morgan fingerprint density at radius 1 is 1.40 bits per heavy atom. The molecule has 5 heteroatoms. The summed E-state index contributed by atoms with van der Waals surface area (Å²) in [7, 11) is 3.37.